The van der Waals surface area contributed by atoms with Gasteiger partial charge in [0.1, 0.15) is 0 Å². The van der Waals surface area contributed by atoms with Gasteiger partial charge in [-0.1, -0.05) is 54.6 Å². The monoisotopic (exact) mass is 305 g/mol. The Morgan fingerprint density at radius 2 is 1.61 bits per heavy atom. The Bertz CT molecular complexity index is 830. The molecule has 0 saturated heterocycles. The molecule has 116 valence electrons. The van der Waals surface area contributed by atoms with Gasteiger partial charge in [0.15, 0.2) is 0 Å². The van der Waals surface area contributed by atoms with E-state index in [1.54, 1.807) is 4.90 Å². The first kappa shape index (κ1) is 14.9. The molecule has 0 fully saturated rings. The highest BCUT2D eigenvalue weighted by Gasteiger charge is 2.13. The lowest BCUT2D eigenvalue weighted by Gasteiger charge is -2.21. The molecule has 2 amide bonds. The largest absolute Gasteiger partial charge is 0.398 e. The van der Waals surface area contributed by atoms with Gasteiger partial charge in [-0.2, -0.15) is 0 Å². The maximum Gasteiger partial charge on any atom is 0.319 e. The van der Waals surface area contributed by atoms with Gasteiger partial charge in [0.05, 0.1) is 0 Å². The van der Waals surface area contributed by atoms with E-state index in [9.17, 15) is 4.79 Å². The van der Waals surface area contributed by atoms with E-state index in [0.29, 0.717) is 13.0 Å². The predicted molar refractivity (Wildman–Crippen MR) is 95.4 cm³/mol. The molecule has 4 heteroatoms. The summed E-state index contributed by atoms with van der Waals surface area (Å²) in [5.74, 6) is 0. The summed E-state index contributed by atoms with van der Waals surface area (Å²) in [5.41, 5.74) is 14.4. The molecule has 0 aliphatic carbocycles. The molecule has 0 radical (unpaired) electrons. The van der Waals surface area contributed by atoms with E-state index in [1.807, 2.05) is 60.7 Å². The number of benzene rings is 3. The summed E-state index contributed by atoms with van der Waals surface area (Å²) in [6.07, 6.45) is 0.647. The van der Waals surface area contributed by atoms with Crippen molar-refractivity contribution in [3.8, 4) is 0 Å². The lowest BCUT2D eigenvalue weighted by Crippen LogP contribution is -2.37. The van der Waals surface area contributed by atoms with Crippen LogP contribution < -0.4 is 16.4 Å². The first-order chi connectivity index (χ1) is 11.2. The lowest BCUT2D eigenvalue weighted by atomic mass is 10.0. The van der Waals surface area contributed by atoms with Crippen molar-refractivity contribution in [2.75, 3.05) is 17.2 Å². The van der Waals surface area contributed by atoms with Crippen LogP contribution in [-0.2, 0) is 6.42 Å². The maximum atomic E-state index is 11.7. The predicted octanol–water partition coefficient (Wildman–Crippen LogP) is 3.55. The van der Waals surface area contributed by atoms with Gasteiger partial charge in [-0.3, -0.25) is 4.90 Å². The number of hydrogen-bond acceptors (Lipinski definition) is 2. The Morgan fingerprint density at radius 3 is 2.35 bits per heavy atom. The van der Waals surface area contributed by atoms with E-state index < -0.39 is 6.03 Å². The van der Waals surface area contributed by atoms with Crippen molar-refractivity contribution in [2.24, 2.45) is 5.73 Å². The smallest absolute Gasteiger partial charge is 0.319 e. The van der Waals surface area contributed by atoms with Crippen molar-refractivity contribution >= 4 is 28.2 Å². The quantitative estimate of drug-likeness (QED) is 0.723. The van der Waals surface area contributed by atoms with E-state index in [-0.39, 0.29) is 0 Å². The molecule has 3 aromatic carbocycles. The fourth-order valence-electron chi connectivity index (χ4n) is 2.77. The van der Waals surface area contributed by atoms with Crippen LogP contribution in [-0.4, -0.2) is 12.6 Å². The number of urea groups is 1. The van der Waals surface area contributed by atoms with Crippen LogP contribution in [0.1, 0.15) is 5.56 Å². The molecule has 3 aromatic rings. The fourth-order valence-corrected chi connectivity index (χ4v) is 2.77. The van der Waals surface area contributed by atoms with Crippen molar-refractivity contribution in [2.45, 2.75) is 6.42 Å². The number of rotatable bonds is 4. The molecule has 0 atom stereocenters. The molecule has 3 rings (SSSR count). The first-order valence-electron chi connectivity index (χ1n) is 7.55. The normalized spacial score (nSPS) is 10.6. The standard InChI is InChI=1S/C19H19N3O/c20-18-15(11-10-14-6-4-5-9-17(14)18)12-13-22(19(21)23)16-7-2-1-3-8-16/h1-11H,12-13,20H2,(H2,21,23). The maximum absolute atomic E-state index is 11.7. The van der Waals surface area contributed by atoms with Gasteiger partial charge in [0.2, 0.25) is 0 Å². The number of anilines is 2. The Hall–Kier alpha value is -3.01. The van der Waals surface area contributed by atoms with Crippen molar-refractivity contribution in [1.82, 2.24) is 0 Å². The lowest BCUT2D eigenvalue weighted by molar-refractivity contribution is 0.254. The van der Waals surface area contributed by atoms with Crippen LogP contribution in [0.3, 0.4) is 0 Å². The molecule has 0 bridgehead atoms. The third-order valence-corrected chi connectivity index (χ3v) is 4.00. The molecule has 0 saturated carbocycles. The average Bonchev–Trinajstić information content (AvgIpc) is 2.58. The summed E-state index contributed by atoms with van der Waals surface area (Å²) < 4.78 is 0. The zero-order chi connectivity index (χ0) is 16.2. The Morgan fingerprint density at radius 1 is 0.913 bits per heavy atom. The van der Waals surface area contributed by atoms with E-state index in [1.165, 1.54) is 0 Å². The molecule has 0 aliphatic rings. The molecule has 0 aliphatic heterocycles. The van der Waals surface area contributed by atoms with Crippen molar-refractivity contribution in [3.63, 3.8) is 0 Å². The molecule has 0 aromatic heterocycles. The van der Waals surface area contributed by atoms with Crippen LogP contribution in [0.15, 0.2) is 66.7 Å². The summed E-state index contributed by atoms with van der Waals surface area (Å²) >= 11 is 0. The molecule has 0 heterocycles. The molecule has 23 heavy (non-hydrogen) atoms. The van der Waals surface area contributed by atoms with Crippen LogP contribution in [0.2, 0.25) is 0 Å². The van der Waals surface area contributed by atoms with Gasteiger partial charge in [-0.25, -0.2) is 4.79 Å². The van der Waals surface area contributed by atoms with Crippen LogP contribution in [0.4, 0.5) is 16.2 Å². The summed E-state index contributed by atoms with van der Waals surface area (Å²) in [7, 11) is 0. The van der Waals surface area contributed by atoms with Gasteiger partial charge in [-0.15, -0.1) is 0 Å². The van der Waals surface area contributed by atoms with Crippen molar-refractivity contribution < 1.29 is 4.79 Å². The number of primary amides is 1. The third-order valence-electron chi connectivity index (χ3n) is 4.00. The minimum absolute atomic E-state index is 0.462. The van der Waals surface area contributed by atoms with Crippen LogP contribution >= 0.6 is 0 Å². The zero-order valence-corrected chi connectivity index (χ0v) is 12.8. The Kier molecular flexibility index (Phi) is 4.15. The van der Waals surface area contributed by atoms with Crippen LogP contribution in [0.25, 0.3) is 10.8 Å². The molecular weight excluding hydrogens is 286 g/mol. The summed E-state index contributed by atoms with van der Waals surface area (Å²) in [6.45, 7) is 0.488. The number of hydrogen-bond donors (Lipinski definition) is 2. The van der Waals surface area contributed by atoms with Gasteiger partial charge in [0.25, 0.3) is 0 Å². The first-order valence-corrected chi connectivity index (χ1v) is 7.55. The van der Waals surface area contributed by atoms with Gasteiger partial charge < -0.3 is 11.5 Å². The molecule has 4 N–H and O–H groups in total. The van der Waals surface area contributed by atoms with Crippen LogP contribution in [0.5, 0.6) is 0 Å². The number of nitrogens with two attached hydrogens (primary N) is 2. The number of para-hydroxylation sites is 1. The average molecular weight is 305 g/mol. The van der Waals surface area contributed by atoms with Gasteiger partial charge in [0, 0.05) is 23.3 Å². The highest BCUT2D eigenvalue weighted by molar-refractivity contribution is 5.94. The number of carbonyl (C=O) groups excluding carboxylic acids is 1. The minimum Gasteiger partial charge on any atom is -0.398 e. The Labute approximate surface area is 135 Å². The number of amides is 2. The molecular formula is C19H19N3O. The second-order valence-corrected chi connectivity index (χ2v) is 5.43. The topological polar surface area (TPSA) is 72.4 Å². The van der Waals surface area contributed by atoms with E-state index in [4.69, 9.17) is 11.5 Å². The second kappa shape index (κ2) is 6.40. The van der Waals surface area contributed by atoms with E-state index in [0.717, 1.165) is 27.7 Å². The van der Waals surface area contributed by atoms with Crippen molar-refractivity contribution in [1.29, 1.82) is 0 Å². The highest BCUT2D eigenvalue weighted by Crippen LogP contribution is 2.25. The Balaban J connectivity index is 1.84. The minimum atomic E-state index is -0.462. The number of nitrogens with zero attached hydrogens (tertiary/aromatic N) is 1. The van der Waals surface area contributed by atoms with Gasteiger partial charge in [-0.05, 0) is 29.5 Å². The number of carbonyl (C=O) groups is 1. The van der Waals surface area contributed by atoms with Crippen molar-refractivity contribution in [3.05, 3.63) is 72.3 Å². The second-order valence-electron chi connectivity index (χ2n) is 5.43. The number of nitrogen functional groups attached to an aromatic ring is 1. The molecule has 0 unspecified atom stereocenters. The zero-order valence-electron chi connectivity index (χ0n) is 12.8. The summed E-state index contributed by atoms with van der Waals surface area (Å²) in [5, 5.41) is 2.15. The number of fused-ring (bicyclic) bond motifs is 1. The third kappa shape index (κ3) is 3.11. The van der Waals surface area contributed by atoms with Gasteiger partial charge >= 0.3 is 6.03 Å². The molecule has 4 nitrogen and oxygen atoms in total. The van der Waals surface area contributed by atoms with E-state index >= 15 is 0 Å². The summed E-state index contributed by atoms with van der Waals surface area (Å²) in [4.78, 5) is 13.3. The van der Waals surface area contributed by atoms with E-state index in [2.05, 4.69) is 6.07 Å². The van der Waals surface area contributed by atoms with Crippen LogP contribution in [0, 0.1) is 0 Å². The molecule has 0 spiro atoms. The fraction of sp³-hybridized carbons (Fsp3) is 0.105. The SMILES string of the molecule is NC(=O)N(CCc1ccc2ccccc2c1N)c1ccccc1. The highest BCUT2D eigenvalue weighted by atomic mass is 16.2. The summed E-state index contributed by atoms with van der Waals surface area (Å²) in [6, 6.07) is 21.0.